The van der Waals surface area contributed by atoms with Crippen LogP contribution in [0.25, 0.3) is 0 Å². The fraction of sp³-hybridized carbons (Fsp3) is 0.333. The van der Waals surface area contributed by atoms with Gasteiger partial charge in [0.25, 0.3) is 0 Å². The molecule has 1 aliphatic rings. The molecule has 0 aromatic heterocycles. The van der Waals surface area contributed by atoms with Gasteiger partial charge in [-0.2, -0.15) is 0 Å². The van der Waals surface area contributed by atoms with Crippen LogP contribution in [0.15, 0.2) is 48.5 Å². The molecular weight excluding hydrogens is 362 g/mol. The number of hydrogen-bond acceptors (Lipinski definition) is 3. The van der Waals surface area contributed by atoms with E-state index in [0.29, 0.717) is 17.3 Å². The van der Waals surface area contributed by atoms with Crippen LogP contribution in [0.4, 0.5) is 17.1 Å². The number of halogens is 1. The summed E-state index contributed by atoms with van der Waals surface area (Å²) in [5, 5.41) is 3.47. The van der Waals surface area contributed by atoms with Gasteiger partial charge in [0.05, 0.1) is 5.92 Å². The smallest absolute Gasteiger partial charge is 0.229 e. The average molecular weight is 386 g/mol. The lowest BCUT2D eigenvalue weighted by Gasteiger charge is -2.22. The van der Waals surface area contributed by atoms with Crippen LogP contribution < -0.4 is 15.1 Å². The monoisotopic (exact) mass is 385 g/mol. The van der Waals surface area contributed by atoms with Crippen molar-refractivity contribution in [1.29, 1.82) is 0 Å². The van der Waals surface area contributed by atoms with Gasteiger partial charge in [-0.1, -0.05) is 11.6 Å². The molecule has 0 aliphatic carbocycles. The molecule has 2 aromatic carbocycles. The Morgan fingerprint density at radius 3 is 2.33 bits per heavy atom. The zero-order valence-corrected chi connectivity index (χ0v) is 16.4. The molecule has 0 saturated carbocycles. The molecular formula is C21H24ClN3O2. The molecule has 5 nitrogen and oxygen atoms in total. The first-order valence-electron chi connectivity index (χ1n) is 9.23. The lowest BCUT2D eigenvalue weighted by molar-refractivity contribution is -0.122. The van der Waals surface area contributed by atoms with Crippen LogP contribution in [-0.4, -0.2) is 31.4 Å². The van der Waals surface area contributed by atoms with E-state index in [-0.39, 0.29) is 24.2 Å². The molecule has 1 heterocycles. The third kappa shape index (κ3) is 4.42. The summed E-state index contributed by atoms with van der Waals surface area (Å²) < 4.78 is 0. The summed E-state index contributed by atoms with van der Waals surface area (Å²) in [4.78, 5) is 28.9. The molecule has 0 spiro atoms. The van der Waals surface area contributed by atoms with Gasteiger partial charge in [0.1, 0.15) is 0 Å². The average Bonchev–Trinajstić information content (AvgIpc) is 3.07. The first-order chi connectivity index (χ1) is 13.0. The van der Waals surface area contributed by atoms with Gasteiger partial charge >= 0.3 is 0 Å². The van der Waals surface area contributed by atoms with Crippen LogP contribution in [-0.2, 0) is 9.59 Å². The summed E-state index contributed by atoms with van der Waals surface area (Å²) >= 11 is 5.86. The van der Waals surface area contributed by atoms with Crippen molar-refractivity contribution in [3.05, 3.63) is 53.6 Å². The van der Waals surface area contributed by atoms with Crippen molar-refractivity contribution < 1.29 is 9.59 Å². The highest BCUT2D eigenvalue weighted by atomic mass is 35.5. The third-order valence-electron chi connectivity index (χ3n) is 4.90. The molecule has 142 valence electrons. The zero-order chi connectivity index (χ0) is 19.4. The van der Waals surface area contributed by atoms with Crippen LogP contribution in [0.5, 0.6) is 0 Å². The Morgan fingerprint density at radius 1 is 1.11 bits per heavy atom. The Morgan fingerprint density at radius 2 is 1.74 bits per heavy atom. The maximum atomic E-state index is 12.5. The standard InChI is InChI=1S/C21H24ClN3O2/c1-3-24(4-2)18-9-11-19(12-10-18)25-14-15(13-20(25)26)21(27)23-17-7-5-16(22)6-8-17/h5-12,15H,3-4,13-14H2,1-2H3,(H,23,27). The molecule has 1 saturated heterocycles. The number of anilines is 3. The van der Waals surface area contributed by atoms with Crippen LogP contribution in [0.3, 0.4) is 0 Å². The Hall–Kier alpha value is -2.53. The minimum Gasteiger partial charge on any atom is -0.372 e. The van der Waals surface area contributed by atoms with E-state index in [1.807, 2.05) is 24.3 Å². The van der Waals surface area contributed by atoms with E-state index in [2.05, 4.69) is 24.1 Å². The topological polar surface area (TPSA) is 52.6 Å². The van der Waals surface area contributed by atoms with E-state index in [1.54, 1.807) is 29.2 Å². The summed E-state index contributed by atoms with van der Waals surface area (Å²) in [7, 11) is 0. The van der Waals surface area contributed by atoms with E-state index in [4.69, 9.17) is 11.6 Å². The van der Waals surface area contributed by atoms with Gasteiger partial charge in [0.2, 0.25) is 11.8 Å². The molecule has 27 heavy (non-hydrogen) atoms. The van der Waals surface area contributed by atoms with Crippen molar-refractivity contribution in [1.82, 2.24) is 0 Å². The highest BCUT2D eigenvalue weighted by Crippen LogP contribution is 2.28. The van der Waals surface area contributed by atoms with E-state index in [1.165, 1.54) is 0 Å². The van der Waals surface area contributed by atoms with Gasteiger partial charge in [-0.25, -0.2) is 0 Å². The van der Waals surface area contributed by atoms with E-state index < -0.39 is 0 Å². The molecule has 1 fully saturated rings. The maximum absolute atomic E-state index is 12.5. The van der Waals surface area contributed by atoms with Gasteiger partial charge in [-0.3, -0.25) is 9.59 Å². The number of benzene rings is 2. The predicted molar refractivity (Wildman–Crippen MR) is 111 cm³/mol. The second-order valence-corrected chi connectivity index (χ2v) is 7.03. The first-order valence-corrected chi connectivity index (χ1v) is 9.61. The maximum Gasteiger partial charge on any atom is 0.229 e. The summed E-state index contributed by atoms with van der Waals surface area (Å²) in [5.41, 5.74) is 2.64. The Labute approximate surface area is 164 Å². The molecule has 3 rings (SSSR count). The van der Waals surface area contributed by atoms with Crippen molar-refractivity contribution in [3.8, 4) is 0 Å². The highest BCUT2D eigenvalue weighted by Gasteiger charge is 2.35. The second kappa shape index (κ2) is 8.44. The largest absolute Gasteiger partial charge is 0.372 e. The summed E-state index contributed by atoms with van der Waals surface area (Å²) in [6.45, 7) is 6.50. The Bertz CT molecular complexity index is 801. The molecule has 0 radical (unpaired) electrons. The van der Waals surface area contributed by atoms with Gasteiger partial charge in [0, 0.05) is 48.1 Å². The van der Waals surface area contributed by atoms with Crippen molar-refractivity contribution in [2.75, 3.05) is 34.8 Å². The number of nitrogens with zero attached hydrogens (tertiary/aromatic N) is 2. The lowest BCUT2D eigenvalue weighted by Crippen LogP contribution is -2.28. The summed E-state index contributed by atoms with van der Waals surface area (Å²) in [5.74, 6) is -0.537. The molecule has 2 amide bonds. The van der Waals surface area contributed by atoms with Crippen LogP contribution in [0.2, 0.25) is 5.02 Å². The molecule has 2 aromatic rings. The first kappa shape index (κ1) is 19.2. The number of carbonyl (C=O) groups is 2. The van der Waals surface area contributed by atoms with Crippen LogP contribution in [0.1, 0.15) is 20.3 Å². The Balaban J connectivity index is 1.66. The highest BCUT2D eigenvalue weighted by molar-refractivity contribution is 6.30. The van der Waals surface area contributed by atoms with Crippen molar-refractivity contribution in [2.24, 2.45) is 5.92 Å². The number of carbonyl (C=O) groups excluding carboxylic acids is 2. The van der Waals surface area contributed by atoms with Crippen molar-refractivity contribution in [3.63, 3.8) is 0 Å². The number of nitrogens with one attached hydrogen (secondary N) is 1. The summed E-state index contributed by atoms with van der Waals surface area (Å²) in [6.07, 6.45) is 0.219. The predicted octanol–water partition coefficient (Wildman–Crippen LogP) is 4.18. The molecule has 0 bridgehead atoms. The number of hydrogen-bond donors (Lipinski definition) is 1. The molecule has 1 aliphatic heterocycles. The molecule has 1 unspecified atom stereocenters. The molecule has 6 heteroatoms. The van der Waals surface area contributed by atoms with Crippen LogP contribution in [0, 0.1) is 5.92 Å². The minimum atomic E-state index is -0.365. The van der Waals surface area contributed by atoms with Crippen molar-refractivity contribution in [2.45, 2.75) is 20.3 Å². The fourth-order valence-corrected chi connectivity index (χ4v) is 3.47. The number of rotatable bonds is 6. The van der Waals surface area contributed by atoms with Gasteiger partial charge in [-0.05, 0) is 62.4 Å². The lowest BCUT2D eigenvalue weighted by atomic mass is 10.1. The minimum absolute atomic E-state index is 0.0261. The van der Waals surface area contributed by atoms with Crippen molar-refractivity contribution >= 4 is 40.5 Å². The molecule has 1 N–H and O–H groups in total. The van der Waals surface area contributed by atoms with Crippen LogP contribution >= 0.6 is 11.6 Å². The second-order valence-electron chi connectivity index (χ2n) is 6.59. The van der Waals surface area contributed by atoms with E-state index >= 15 is 0 Å². The molecule has 1 atom stereocenters. The third-order valence-corrected chi connectivity index (χ3v) is 5.15. The van der Waals surface area contributed by atoms with Gasteiger partial charge in [-0.15, -0.1) is 0 Å². The van der Waals surface area contributed by atoms with Gasteiger partial charge in [0.15, 0.2) is 0 Å². The summed E-state index contributed by atoms with van der Waals surface area (Å²) in [6, 6.07) is 14.9. The number of amides is 2. The zero-order valence-electron chi connectivity index (χ0n) is 15.6. The normalized spacial score (nSPS) is 16.5. The van der Waals surface area contributed by atoms with Gasteiger partial charge < -0.3 is 15.1 Å². The fourth-order valence-electron chi connectivity index (χ4n) is 3.34. The quantitative estimate of drug-likeness (QED) is 0.811. The Kier molecular flexibility index (Phi) is 6.01. The van der Waals surface area contributed by atoms with E-state index in [9.17, 15) is 9.59 Å². The SMILES string of the molecule is CCN(CC)c1ccc(N2CC(C(=O)Nc3ccc(Cl)cc3)CC2=O)cc1. The van der Waals surface area contributed by atoms with E-state index in [0.717, 1.165) is 24.5 Å².